The highest BCUT2D eigenvalue weighted by molar-refractivity contribution is 9.51. The minimum atomic E-state index is -0.931. The van der Waals surface area contributed by atoms with E-state index >= 15 is 0 Å². The highest BCUT2D eigenvalue weighted by Crippen LogP contribution is 2.36. The molecule has 1 fully saturated rings. The van der Waals surface area contributed by atoms with E-state index in [0.717, 1.165) is 0 Å². The van der Waals surface area contributed by atoms with E-state index in [1.54, 1.807) is 12.1 Å². The Morgan fingerprint density at radius 2 is 1.62 bits per heavy atom. The lowest BCUT2D eigenvalue weighted by Gasteiger charge is -2.21. The van der Waals surface area contributed by atoms with Crippen LogP contribution in [0.2, 0.25) is 24.2 Å². The molecule has 0 radical (unpaired) electrons. The highest BCUT2D eigenvalue weighted by Gasteiger charge is 2.28. The number of hydrogen-bond donors (Lipinski definition) is 0. The van der Waals surface area contributed by atoms with Gasteiger partial charge in [0.25, 0.3) is 0 Å². The molecule has 0 saturated carbocycles. The average molecular weight is 274 g/mol. The first-order valence-electron chi connectivity index (χ1n) is 3.09. The van der Waals surface area contributed by atoms with E-state index in [1.165, 1.54) is 12.1 Å². The van der Waals surface area contributed by atoms with E-state index in [0.29, 0.717) is 9.52 Å². The van der Waals surface area contributed by atoms with Crippen molar-refractivity contribution in [3.05, 3.63) is 0 Å². The van der Waals surface area contributed by atoms with E-state index in [9.17, 15) is 0 Å². The van der Waals surface area contributed by atoms with Gasteiger partial charge < -0.3 is 0 Å². The molecule has 0 atom stereocenters. The van der Waals surface area contributed by atoms with Gasteiger partial charge in [-0.05, 0) is 12.1 Å². The van der Waals surface area contributed by atoms with Crippen molar-refractivity contribution < 1.29 is 0 Å². The van der Waals surface area contributed by atoms with E-state index in [2.05, 4.69) is 30.6 Å². The van der Waals surface area contributed by atoms with Gasteiger partial charge >= 0.3 is 0 Å². The van der Waals surface area contributed by atoms with Crippen LogP contribution in [0.4, 0.5) is 0 Å². The van der Waals surface area contributed by atoms with Crippen molar-refractivity contribution in [3.8, 4) is 0 Å². The zero-order chi connectivity index (χ0) is 6.04. The molecule has 0 unspecified atom stereocenters. The van der Waals surface area contributed by atoms with Crippen LogP contribution in [0.5, 0.6) is 0 Å². The third kappa shape index (κ3) is 2.33. The quantitative estimate of drug-likeness (QED) is 0.469. The summed E-state index contributed by atoms with van der Waals surface area (Å²) in [6.45, 7) is 0. The first-order valence-corrected chi connectivity index (χ1v) is 12.0. The minimum absolute atomic E-state index is 0.414. The molecular weight excluding hydrogens is 264 g/mol. The smallest absolute Gasteiger partial charge is 0.111 e. The molecule has 0 spiro atoms. The Morgan fingerprint density at radius 3 is 1.88 bits per heavy atom. The van der Waals surface area contributed by atoms with Crippen LogP contribution in [0.3, 0.4) is 0 Å². The van der Waals surface area contributed by atoms with Crippen molar-refractivity contribution in [2.45, 2.75) is 24.2 Å². The lowest BCUT2D eigenvalue weighted by atomic mass is 10.9. The molecule has 1 aliphatic rings. The van der Waals surface area contributed by atoms with Gasteiger partial charge in [0.2, 0.25) is 5.31 Å². The molecule has 0 aromatic carbocycles. The molecule has 8 heavy (non-hydrogen) atoms. The van der Waals surface area contributed by atoms with E-state index in [1.807, 2.05) is 0 Å². The van der Waals surface area contributed by atoms with Gasteiger partial charge in [0.15, 0.2) is 0 Å². The fourth-order valence-corrected chi connectivity index (χ4v) is 17.9. The predicted octanol–water partition coefficient (Wildman–Crippen LogP) is 2.24. The predicted molar refractivity (Wildman–Crippen MR) is 51.4 cm³/mol. The summed E-state index contributed by atoms with van der Waals surface area (Å²) in [7, 11) is 0.414. The van der Waals surface area contributed by atoms with Gasteiger partial charge in [-0.2, -0.15) is 0 Å². The van der Waals surface area contributed by atoms with Crippen molar-refractivity contribution in [1.29, 1.82) is 0 Å². The maximum Gasteiger partial charge on any atom is 0.200 e. The van der Waals surface area contributed by atoms with Gasteiger partial charge in [-0.15, -0.1) is 30.6 Å². The molecule has 0 aromatic rings. The van der Waals surface area contributed by atoms with Crippen molar-refractivity contribution >= 4 is 45.4 Å². The third-order valence-electron chi connectivity index (χ3n) is 1.59. The molecule has 0 bridgehead atoms. The summed E-state index contributed by atoms with van der Waals surface area (Å²) < 4.78 is 0. The normalized spacial score (nSPS) is 27.8. The summed E-state index contributed by atoms with van der Waals surface area (Å²) in [6.07, 6.45) is 0. The maximum atomic E-state index is 3.77. The first kappa shape index (κ1) is 7.50. The number of hydrogen-bond acceptors (Lipinski definition) is 0. The van der Waals surface area contributed by atoms with Crippen molar-refractivity contribution in [2.24, 2.45) is 0 Å². The van der Waals surface area contributed by atoms with E-state index in [-0.39, 0.29) is 0 Å². The van der Waals surface area contributed by atoms with Crippen LogP contribution < -0.4 is 0 Å². The molecule has 0 aromatic heterocycles. The molecule has 1 saturated heterocycles. The number of rotatable bonds is 0. The molecular formula is C4H10Br2Si2. The fourth-order valence-electron chi connectivity index (χ4n) is 1.07. The highest BCUT2D eigenvalue weighted by atomic mass is 79.9. The van der Waals surface area contributed by atoms with Crippen molar-refractivity contribution in [3.63, 3.8) is 0 Å². The molecule has 0 nitrogen and oxygen atoms in total. The Morgan fingerprint density at radius 1 is 1.12 bits per heavy atom. The molecule has 0 amide bonds. The Balaban J connectivity index is 2.33. The van der Waals surface area contributed by atoms with Crippen LogP contribution in [-0.2, 0) is 0 Å². The molecule has 1 heterocycles. The monoisotopic (exact) mass is 272 g/mol. The summed E-state index contributed by atoms with van der Waals surface area (Å²) in [5, 5.41) is -0.931. The Hall–Kier alpha value is 1.39. The topological polar surface area (TPSA) is 0 Å². The molecule has 1 aliphatic heterocycles. The largest absolute Gasteiger partial charge is 0.200 e. The van der Waals surface area contributed by atoms with Gasteiger partial charge in [-0.3, -0.25) is 0 Å². The lowest BCUT2D eigenvalue weighted by molar-refractivity contribution is 1.24. The molecule has 0 aliphatic carbocycles. The maximum absolute atomic E-state index is 3.77. The second kappa shape index (κ2) is 2.99. The van der Waals surface area contributed by atoms with Crippen LogP contribution in [0.15, 0.2) is 0 Å². The Bertz CT molecular complexity index is 76.1. The Kier molecular flexibility index (Phi) is 2.80. The van der Waals surface area contributed by atoms with Gasteiger partial charge in [-0.25, -0.2) is 0 Å². The zero-order valence-corrected chi connectivity index (χ0v) is 10.4. The summed E-state index contributed by atoms with van der Waals surface area (Å²) in [5.74, 6) is 0. The standard InChI is InChI=1S/C4H10Br2Si2/c5-8(6)3-1-7-2-4-8/h1-4,7H2. The van der Waals surface area contributed by atoms with Gasteiger partial charge in [-0.1, -0.05) is 12.1 Å². The van der Waals surface area contributed by atoms with Gasteiger partial charge in [0, 0.05) is 9.52 Å². The molecule has 1 rings (SSSR count). The SMILES string of the molecule is Br[Si]1(Br)CC[SiH2]CC1. The second-order valence-electron chi connectivity index (χ2n) is 2.42. The minimum Gasteiger partial charge on any atom is -0.111 e. The van der Waals surface area contributed by atoms with Crippen LogP contribution in [0.1, 0.15) is 0 Å². The number of halogens is 2. The lowest BCUT2D eigenvalue weighted by Crippen LogP contribution is -2.22. The van der Waals surface area contributed by atoms with Gasteiger partial charge in [0.05, 0.1) is 0 Å². The van der Waals surface area contributed by atoms with Crippen LogP contribution in [0.25, 0.3) is 0 Å². The Labute approximate surface area is 69.4 Å². The first-order chi connectivity index (χ1) is 3.71. The van der Waals surface area contributed by atoms with E-state index < -0.39 is 5.31 Å². The average Bonchev–Trinajstić information content (AvgIpc) is 1.65. The second-order valence-corrected chi connectivity index (χ2v) is 19.6. The van der Waals surface area contributed by atoms with Crippen molar-refractivity contribution in [2.75, 3.05) is 0 Å². The van der Waals surface area contributed by atoms with E-state index in [4.69, 9.17) is 0 Å². The summed E-state index contributed by atoms with van der Waals surface area (Å²) >= 11 is 7.54. The van der Waals surface area contributed by atoms with Crippen molar-refractivity contribution in [1.82, 2.24) is 0 Å². The summed E-state index contributed by atoms with van der Waals surface area (Å²) in [4.78, 5) is 0. The summed E-state index contributed by atoms with van der Waals surface area (Å²) in [5.41, 5.74) is 0. The van der Waals surface area contributed by atoms with Crippen LogP contribution >= 0.6 is 30.6 Å². The zero-order valence-electron chi connectivity index (χ0n) is 4.79. The summed E-state index contributed by atoms with van der Waals surface area (Å²) in [6, 6.07) is 6.11. The fraction of sp³-hybridized carbons (Fsp3) is 1.00. The van der Waals surface area contributed by atoms with Gasteiger partial charge in [0.1, 0.15) is 0 Å². The molecule has 48 valence electrons. The van der Waals surface area contributed by atoms with Crippen LogP contribution in [-0.4, -0.2) is 14.8 Å². The molecule has 0 N–H and O–H groups in total. The van der Waals surface area contributed by atoms with Crippen LogP contribution in [0, 0.1) is 0 Å². The third-order valence-corrected chi connectivity index (χ3v) is 11.6. The molecule has 4 heteroatoms.